The Morgan fingerprint density at radius 1 is 1.28 bits per heavy atom. The van der Waals surface area contributed by atoms with Gasteiger partial charge in [0.25, 0.3) is 0 Å². The molecular weight excluding hydrogens is 242 g/mol. The SMILES string of the molecule is CC(OCCN)c1ccc(SC2CCCC2)cc1. The summed E-state index contributed by atoms with van der Waals surface area (Å²) in [6.07, 6.45) is 5.70. The zero-order valence-corrected chi connectivity index (χ0v) is 11.9. The predicted octanol–water partition coefficient (Wildman–Crippen LogP) is 3.76. The molecule has 0 heterocycles. The first kappa shape index (κ1) is 13.9. The second kappa shape index (κ2) is 7.17. The molecule has 2 rings (SSSR count). The van der Waals surface area contributed by atoms with Gasteiger partial charge in [0.15, 0.2) is 0 Å². The van der Waals surface area contributed by atoms with Crippen molar-refractivity contribution >= 4 is 11.8 Å². The van der Waals surface area contributed by atoms with Crippen molar-refractivity contribution in [3.63, 3.8) is 0 Å². The van der Waals surface area contributed by atoms with E-state index in [0.29, 0.717) is 13.2 Å². The third kappa shape index (κ3) is 4.01. The van der Waals surface area contributed by atoms with E-state index in [-0.39, 0.29) is 6.10 Å². The van der Waals surface area contributed by atoms with Crippen LogP contribution in [0.15, 0.2) is 29.2 Å². The van der Waals surface area contributed by atoms with Crippen molar-refractivity contribution in [2.24, 2.45) is 5.73 Å². The topological polar surface area (TPSA) is 35.2 Å². The number of ether oxygens (including phenoxy) is 1. The van der Waals surface area contributed by atoms with E-state index in [2.05, 4.69) is 31.2 Å². The van der Waals surface area contributed by atoms with Crippen molar-refractivity contribution in [1.29, 1.82) is 0 Å². The van der Waals surface area contributed by atoms with Gasteiger partial charge >= 0.3 is 0 Å². The van der Waals surface area contributed by atoms with Gasteiger partial charge in [0.05, 0.1) is 12.7 Å². The van der Waals surface area contributed by atoms with E-state index in [1.54, 1.807) is 0 Å². The van der Waals surface area contributed by atoms with Crippen LogP contribution in [0.1, 0.15) is 44.3 Å². The Kier molecular flexibility index (Phi) is 5.54. The lowest BCUT2D eigenvalue weighted by molar-refractivity contribution is 0.0718. The third-order valence-electron chi connectivity index (χ3n) is 3.44. The molecule has 1 atom stereocenters. The normalized spacial score (nSPS) is 18.1. The van der Waals surface area contributed by atoms with Gasteiger partial charge < -0.3 is 10.5 Å². The minimum atomic E-state index is 0.138. The Morgan fingerprint density at radius 3 is 2.56 bits per heavy atom. The zero-order chi connectivity index (χ0) is 12.8. The summed E-state index contributed by atoms with van der Waals surface area (Å²) in [5.74, 6) is 0. The van der Waals surface area contributed by atoms with Crippen molar-refractivity contribution < 1.29 is 4.74 Å². The van der Waals surface area contributed by atoms with Crippen LogP contribution in [0.3, 0.4) is 0 Å². The molecule has 0 aromatic heterocycles. The van der Waals surface area contributed by atoms with E-state index in [9.17, 15) is 0 Å². The minimum absolute atomic E-state index is 0.138. The van der Waals surface area contributed by atoms with E-state index in [4.69, 9.17) is 10.5 Å². The molecule has 100 valence electrons. The smallest absolute Gasteiger partial charge is 0.0797 e. The number of hydrogen-bond donors (Lipinski definition) is 1. The van der Waals surface area contributed by atoms with Crippen LogP contribution in [-0.2, 0) is 4.74 Å². The zero-order valence-electron chi connectivity index (χ0n) is 11.1. The van der Waals surface area contributed by atoms with Crippen LogP contribution in [0.25, 0.3) is 0 Å². The summed E-state index contributed by atoms with van der Waals surface area (Å²) in [5, 5.41) is 0.835. The molecule has 1 aromatic rings. The van der Waals surface area contributed by atoms with Crippen molar-refractivity contribution in [2.45, 2.75) is 48.9 Å². The largest absolute Gasteiger partial charge is 0.373 e. The maximum absolute atomic E-state index is 5.62. The fourth-order valence-electron chi connectivity index (χ4n) is 2.36. The van der Waals surface area contributed by atoms with Gasteiger partial charge in [0.2, 0.25) is 0 Å². The first-order valence-electron chi connectivity index (χ1n) is 6.88. The van der Waals surface area contributed by atoms with Crippen LogP contribution < -0.4 is 5.73 Å². The molecule has 0 radical (unpaired) electrons. The number of benzene rings is 1. The summed E-state index contributed by atoms with van der Waals surface area (Å²) in [4.78, 5) is 1.39. The van der Waals surface area contributed by atoms with Crippen LogP contribution in [0, 0.1) is 0 Å². The van der Waals surface area contributed by atoms with E-state index in [0.717, 1.165) is 5.25 Å². The standard InChI is InChI=1S/C15H23NOS/c1-12(17-11-10-16)13-6-8-15(9-7-13)18-14-4-2-3-5-14/h6-9,12,14H,2-5,10-11,16H2,1H3. The molecule has 1 aliphatic rings. The highest BCUT2D eigenvalue weighted by Gasteiger charge is 2.16. The minimum Gasteiger partial charge on any atom is -0.373 e. The highest BCUT2D eigenvalue weighted by atomic mass is 32.2. The number of hydrogen-bond acceptors (Lipinski definition) is 3. The maximum Gasteiger partial charge on any atom is 0.0797 e. The van der Waals surface area contributed by atoms with Crippen molar-refractivity contribution in [1.82, 2.24) is 0 Å². The monoisotopic (exact) mass is 265 g/mol. The maximum atomic E-state index is 5.62. The molecule has 1 saturated carbocycles. The number of thioether (sulfide) groups is 1. The molecule has 0 spiro atoms. The van der Waals surface area contributed by atoms with E-state index >= 15 is 0 Å². The van der Waals surface area contributed by atoms with Gasteiger partial charge in [0.1, 0.15) is 0 Å². The lowest BCUT2D eigenvalue weighted by atomic mass is 10.1. The quantitative estimate of drug-likeness (QED) is 0.850. The molecule has 3 heteroatoms. The van der Waals surface area contributed by atoms with Crippen LogP contribution in [-0.4, -0.2) is 18.4 Å². The number of nitrogens with two attached hydrogens (primary N) is 1. The van der Waals surface area contributed by atoms with E-state index in [1.165, 1.54) is 36.1 Å². The average molecular weight is 265 g/mol. The fraction of sp³-hybridized carbons (Fsp3) is 0.600. The molecule has 1 aromatic carbocycles. The first-order chi connectivity index (χ1) is 8.79. The average Bonchev–Trinajstić information content (AvgIpc) is 2.89. The van der Waals surface area contributed by atoms with E-state index < -0.39 is 0 Å². The molecule has 1 aliphatic carbocycles. The predicted molar refractivity (Wildman–Crippen MR) is 78.0 cm³/mol. The highest BCUT2D eigenvalue weighted by molar-refractivity contribution is 8.00. The molecule has 18 heavy (non-hydrogen) atoms. The van der Waals surface area contributed by atoms with Gasteiger partial charge in [-0.15, -0.1) is 11.8 Å². The lowest BCUT2D eigenvalue weighted by Gasteiger charge is -2.14. The van der Waals surface area contributed by atoms with Gasteiger partial charge in [-0.25, -0.2) is 0 Å². The Balaban J connectivity index is 1.88. The Hall–Kier alpha value is -0.510. The summed E-state index contributed by atoms with van der Waals surface area (Å²) < 4.78 is 5.62. The third-order valence-corrected chi connectivity index (χ3v) is 4.79. The van der Waals surface area contributed by atoms with Crippen molar-refractivity contribution in [3.8, 4) is 0 Å². The number of rotatable bonds is 6. The van der Waals surface area contributed by atoms with Gasteiger partial charge in [0, 0.05) is 16.7 Å². The molecule has 0 saturated heterocycles. The van der Waals surface area contributed by atoms with Crippen LogP contribution in [0.4, 0.5) is 0 Å². The Bertz CT molecular complexity index is 346. The summed E-state index contributed by atoms with van der Waals surface area (Å²) in [6.45, 7) is 3.29. The van der Waals surface area contributed by atoms with Crippen LogP contribution >= 0.6 is 11.8 Å². The summed E-state index contributed by atoms with van der Waals surface area (Å²) in [5.41, 5.74) is 6.68. The van der Waals surface area contributed by atoms with Gasteiger partial charge in [-0.1, -0.05) is 25.0 Å². The second-order valence-corrected chi connectivity index (χ2v) is 6.27. The summed E-state index contributed by atoms with van der Waals surface area (Å²) >= 11 is 2.03. The molecule has 0 aliphatic heterocycles. The molecule has 1 fully saturated rings. The second-order valence-electron chi connectivity index (χ2n) is 4.90. The van der Waals surface area contributed by atoms with Crippen molar-refractivity contribution in [2.75, 3.05) is 13.2 Å². The summed E-state index contributed by atoms with van der Waals surface area (Å²) in [7, 11) is 0. The molecular formula is C15H23NOS. The summed E-state index contributed by atoms with van der Waals surface area (Å²) in [6, 6.07) is 8.80. The lowest BCUT2D eigenvalue weighted by Crippen LogP contribution is -2.10. The molecule has 2 N–H and O–H groups in total. The van der Waals surface area contributed by atoms with Crippen molar-refractivity contribution in [3.05, 3.63) is 29.8 Å². The van der Waals surface area contributed by atoms with Gasteiger partial charge in [-0.05, 0) is 37.5 Å². The Labute approximate surface area is 114 Å². The Morgan fingerprint density at radius 2 is 1.94 bits per heavy atom. The molecule has 0 bridgehead atoms. The van der Waals surface area contributed by atoms with Gasteiger partial charge in [-0.2, -0.15) is 0 Å². The van der Waals surface area contributed by atoms with Gasteiger partial charge in [-0.3, -0.25) is 0 Å². The van der Waals surface area contributed by atoms with Crippen LogP contribution in [0.5, 0.6) is 0 Å². The van der Waals surface area contributed by atoms with E-state index in [1.807, 2.05) is 11.8 Å². The fourth-order valence-corrected chi connectivity index (χ4v) is 3.60. The molecule has 2 nitrogen and oxygen atoms in total. The van der Waals surface area contributed by atoms with Crippen LogP contribution in [0.2, 0.25) is 0 Å². The highest BCUT2D eigenvalue weighted by Crippen LogP contribution is 2.35. The molecule has 1 unspecified atom stereocenters. The molecule has 0 amide bonds. The first-order valence-corrected chi connectivity index (χ1v) is 7.76.